The zero-order valence-corrected chi connectivity index (χ0v) is 15.5. The first-order valence-corrected chi connectivity index (χ1v) is 9.41. The molecule has 1 unspecified atom stereocenters. The number of hydrogen-bond acceptors (Lipinski definition) is 6. The summed E-state index contributed by atoms with van der Waals surface area (Å²) in [6.07, 6.45) is 9.54. The van der Waals surface area contributed by atoms with Crippen molar-refractivity contribution in [2.75, 3.05) is 11.9 Å². The number of imidazole rings is 1. The fraction of sp³-hybridized carbons (Fsp3) is 0.250. The Morgan fingerprint density at radius 2 is 2.10 bits per heavy atom. The molecule has 0 spiro atoms. The third-order valence-corrected chi connectivity index (χ3v) is 4.92. The number of ether oxygens (including phenoxy) is 1. The quantitative estimate of drug-likeness (QED) is 0.510. The van der Waals surface area contributed by atoms with Crippen LogP contribution in [-0.2, 0) is 4.74 Å². The summed E-state index contributed by atoms with van der Waals surface area (Å²) < 4.78 is 7.88. The topological polar surface area (TPSA) is 97.9 Å². The third kappa shape index (κ3) is 3.30. The summed E-state index contributed by atoms with van der Waals surface area (Å²) >= 11 is 0. The van der Waals surface area contributed by atoms with E-state index in [9.17, 15) is 0 Å². The van der Waals surface area contributed by atoms with Crippen molar-refractivity contribution < 1.29 is 4.74 Å². The van der Waals surface area contributed by atoms with Crippen molar-refractivity contribution in [1.29, 1.82) is 0 Å². The van der Waals surface area contributed by atoms with Crippen molar-refractivity contribution in [2.24, 2.45) is 0 Å². The van der Waals surface area contributed by atoms with E-state index in [1.807, 2.05) is 22.9 Å². The third-order valence-electron chi connectivity index (χ3n) is 4.92. The maximum atomic E-state index is 7.02. The van der Waals surface area contributed by atoms with E-state index in [2.05, 4.69) is 35.2 Å². The number of fused-ring (bicyclic) bond motifs is 1. The van der Waals surface area contributed by atoms with E-state index < -0.39 is 0 Å². The van der Waals surface area contributed by atoms with Crippen LogP contribution in [0, 0.1) is 6.57 Å². The fourth-order valence-electron chi connectivity index (χ4n) is 3.56. The molecule has 1 aliphatic heterocycles. The molecule has 1 aliphatic rings. The number of nitrogens with one attached hydrogen (secondary N) is 2. The summed E-state index contributed by atoms with van der Waals surface area (Å²) in [5.41, 5.74) is 4.84. The van der Waals surface area contributed by atoms with E-state index in [0.717, 1.165) is 53.8 Å². The Morgan fingerprint density at radius 3 is 2.90 bits per heavy atom. The lowest BCUT2D eigenvalue weighted by molar-refractivity contribution is -0.0383. The van der Waals surface area contributed by atoms with E-state index >= 15 is 0 Å². The van der Waals surface area contributed by atoms with Gasteiger partial charge in [-0.1, -0.05) is 0 Å². The van der Waals surface area contributed by atoms with E-state index in [4.69, 9.17) is 11.3 Å². The van der Waals surface area contributed by atoms with Gasteiger partial charge in [0.1, 0.15) is 0 Å². The smallest absolute Gasteiger partial charge is 0.224 e. The number of aromatic amines is 1. The predicted molar refractivity (Wildman–Crippen MR) is 108 cm³/mol. The highest BCUT2D eigenvalue weighted by Crippen LogP contribution is 2.34. The van der Waals surface area contributed by atoms with Crippen LogP contribution in [0.25, 0.3) is 27.1 Å². The van der Waals surface area contributed by atoms with Gasteiger partial charge in [0.05, 0.1) is 29.6 Å². The summed E-state index contributed by atoms with van der Waals surface area (Å²) in [4.78, 5) is 19.4. The van der Waals surface area contributed by atoms with Gasteiger partial charge in [0.15, 0.2) is 6.23 Å². The lowest BCUT2D eigenvalue weighted by Gasteiger charge is -2.24. The molecule has 0 bridgehead atoms. The van der Waals surface area contributed by atoms with Crippen molar-refractivity contribution in [2.45, 2.75) is 25.5 Å². The second kappa shape index (κ2) is 7.33. The summed E-state index contributed by atoms with van der Waals surface area (Å²) in [6.45, 7) is 7.77. The number of anilines is 2. The van der Waals surface area contributed by atoms with E-state index in [1.165, 1.54) is 12.4 Å². The van der Waals surface area contributed by atoms with Gasteiger partial charge in [0.2, 0.25) is 11.6 Å². The highest BCUT2D eigenvalue weighted by Gasteiger charge is 2.21. The van der Waals surface area contributed by atoms with Crippen molar-refractivity contribution in [1.82, 2.24) is 29.7 Å². The Kier molecular flexibility index (Phi) is 4.38. The molecular formula is C20H18N8O. The monoisotopic (exact) mass is 386 g/mol. The molecule has 5 rings (SSSR count). The molecule has 0 amide bonds. The Labute approximate surface area is 166 Å². The van der Waals surface area contributed by atoms with Crippen molar-refractivity contribution in [3.63, 3.8) is 0 Å². The number of H-pyrrole nitrogens is 1. The molecule has 1 fully saturated rings. The summed E-state index contributed by atoms with van der Waals surface area (Å²) in [5.74, 6) is 0.423. The first-order chi connectivity index (χ1) is 14.3. The highest BCUT2D eigenvalue weighted by atomic mass is 16.5. The fourth-order valence-corrected chi connectivity index (χ4v) is 3.56. The molecule has 3 aromatic heterocycles. The van der Waals surface area contributed by atoms with Gasteiger partial charge in [-0.05, 0) is 37.5 Å². The number of rotatable bonds is 4. The van der Waals surface area contributed by atoms with Crippen LogP contribution in [0.4, 0.5) is 17.3 Å². The minimum atomic E-state index is -0.0659. The van der Waals surface area contributed by atoms with Crippen LogP contribution in [0.15, 0.2) is 43.1 Å². The molecule has 9 nitrogen and oxygen atoms in total. The van der Waals surface area contributed by atoms with Gasteiger partial charge in [0, 0.05) is 36.4 Å². The second-order valence-electron chi connectivity index (χ2n) is 6.81. The summed E-state index contributed by atoms with van der Waals surface area (Å²) in [7, 11) is 0. The molecule has 0 saturated carbocycles. The number of aromatic nitrogens is 6. The van der Waals surface area contributed by atoms with Gasteiger partial charge in [-0.15, -0.1) is 0 Å². The Hall–Kier alpha value is -3.77. The molecule has 4 aromatic rings. The lowest BCUT2D eigenvalue weighted by Crippen LogP contribution is -2.19. The minimum absolute atomic E-state index is 0.0659. The van der Waals surface area contributed by atoms with Crippen LogP contribution >= 0.6 is 0 Å². The molecule has 0 aliphatic carbocycles. The molecule has 4 heterocycles. The lowest BCUT2D eigenvalue weighted by atomic mass is 10.1. The van der Waals surface area contributed by atoms with Gasteiger partial charge < -0.3 is 15.0 Å². The van der Waals surface area contributed by atoms with Crippen LogP contribution in [0.5, 0.6) is 0 Å². The Balaban J connectivity index is 1.55. The zero-order chi connectivity index (χ0) is 19.6. The molecule has 1 aromatic carbocycles. The molecular weight excluding hydrogens is 368 g/mol. The highest BCUT2D eigenvalue weighted by molar-refractivity contribution is 5.94. The summed E-state index contributed by atoms with van der Waals surface area (Å²) in [6, 6.07) is 5.94. The Morgan fingerprint density at radius 1 is 1.21 bits per heavy atom. The SMILES string of the molecule is [C-]#[N+]c1cnc(Nc2cc(-c3ccnn3C3CCCCO3)c3nc[nH]c3c2)nc1. The maximum absolute atomic E-state index is 7.02. The number of nitrogens with zero attached hydrogens (tertiary/aromatic N) is 6. The second-order valence-corrected chi connectivity index (χ2v) is 6.81. The van der Waals surface area contributed by atoms with Crippen molar-refractivity contribution in [3.8, 4) is 11.3 Å². The first-order valence-electron chi connectivity index (χ1n) is 9.41. The standard InChI is InChI=1S/C20H18N8O/c1-21-14-10-22-20(23-11-14)27-13-8-15(19-16(9-13)24-12-25-19)17-5-6-26-28(17)18-4-2-3-7-29-18/h5-6,8-12,18H,2-4,7H2,(H,24,25)(H,22,23,27). The van der Waals surface area contributed by atoms with Gasteiger partial charge in [0.25, 0.3) is 0 Å². The van der Waals surface area contributed by atoms with E-state index in [-0.39, 0.29) is 6.23 Å². The first kappa shape index (κ1) is 17.3. The average Bonchev–Trinajstić information content (AvgIpc) is 3.44. The largest absolute Gasteiger partial charge is 0.356 e. The van der Waals surface area contributed by atoms with Crippen LogP contribution in [0.3, 0.4) is 0 Å². The molecule has 1 atom stereocenters. The van der Waals surface area contributed by atoms with Crippen molar-refractivity contribution >= 4 is 28.4 Å². The van der Waals surface area contributed by atoms with Gasteiger partial charge in [-0.3, -0.25) is 0 Å². The number of hydrogen-bond donors (Lipinski definition) is 2. The Bertz CT molecular complexity index is 1180. The molecule has 0 radical (unpaired) electrons. The van der Waals surface area contributed by atoms with E-state index in [0.29, 0.717) is 11.6 Å². The van der Waals surface area contributed by atoms with Gasteiger partial charge in [-0.2, -0.15) is 5.10 Å². The predicted octanol–water partition coefficient (Wildman–Crippen LogP) is 4.21. The average molecular weight is 386 g/mol. The van der Waals surface area contributed by atoms with Crippen LogP contribution in [-0.4, -0.2) is 36.3 Å². The molecule has 9 heteroatoms. The molecule has 1 saturated heterocycles. The van der Waals surface area contributed by atoms with E-state index in [1.54, 1.807) is 12.5 Å². The molecule has 144 valence electrons. The van der Waals surface area contributed by atoms with Crippen molar-refractivity contribution in [3.05, 3.63) is 54.5 Å². The molecule has 2 N–H and O–H groups in total. The van der Waals surface area contributed by atoms with Crippen LogP contribution in [0.1, 0.15) is 25.5 Å². The van der Waals surface area contributed by atoms with Gasteiger partial charge in [-0.25, -0.2) is 24.5 Å². The van der Waals surface area contributed by atoms with Gasteiger partial charge >= 0.3 is 0 Å². The van der Waals surface area contributed by atoms with Crippen LogP contribution in [0.2, 0.25) is 0 Å². The molecule has 29 heavy (non-hydrogen) atoms. The minimum Gasteiger partial charge on any atom is -0.356 e. The zero-order valence-electron chi connectivity index (χ0n) is 15.5. The van der Waals surface area contributed by atoms with Crippen LogP contribution < -0.4 is 5.32 Å². The summed E-state index contributed by atoms with van der Waals surface area (Å²) in [5, 5.41) is 7.73. The normalized spacial score (nSPS) is 16.6. The number of benzene rings is 1. The maximum Gasteiger partial charge on any atom is 0.224 e.